The second-order valence-corrected chi connectivity index (χ2v) is 39.7. The molecular weight excluding hydrogens is 1670 g/mol. The van der Waals surface area contributed by atoms with E-state index in [4.69, 9.17) is 15.0 Å². The summed E-state index contributed by atoms with van der Waals surface area (Å²) in [6.07, 6.45) is 0. The van der Waals surface area contributed by atoms with Crippen LogP contribution in [0.5, 0.6) is 0 Å². The van der Waals surface area contributed by atoms with Gasteiger partial charge in [-0.05, 0) is 243 Å². The molecule has 0 fully saturated rings. The lowest BCUT2D eigenvalue weighted by atomic mass is 9.82. The Morgan fingerprint density at radius 3 is 0.827 bits per heavy atom. The number of hydrogen-bond acceptors (Lipinski definition) is 9. The van der Waals surface area contributed by atoms with E-state index < -0.39 is 0 Å². The third-order valence-corrected chi connectivity index (χ3v) is 31.0. The molecule has 9 heteroatoms. The first-order valence-corrected chi connectivity index (χ1v) is 48.1. The van der Waals surface area contributed by atoms with Gasteiger partial charge < -0.3 is 14.7 Å². The summed E-state index contributed by atoms with van der Waals surface area (Å²) >= 11 is 5.71. The van der Waals surface area contributed by atoms with Crippen molar-refractivity contribution >= 4 is 97.2 Å². The number of fused-ring (bicyclic) bond motifs is 19. The summed E-state index contributed by atoms with van der Waals surface area (Å²) in [6.45, 7) is 14.2. The van der Waals surface area contributed by atoms with Crippen LogP contribution in [0.25, 0.3) is 123 Å². The Bertz CT molecular complexity index is 7560. The van der Waals surface area contributed by atoms with Crippen LogP contribution in [0.4, 0.5) is 51.2 Å². The number of benzene rings is 19. The predicted molar refractivity (Wildman–Crippen MR) is 557 cm³/mol. The van der Waals surface area contributed by atoms with Crippen LogP contribution in [0.2, 0.25) is 0 Å². The van der Waals surface area contributed by atoms with Crippen molar-refractivity contribution in [2.24, 2.45) is 0 Å². The molecule has 3 aliphatic carbocycles. The highest BCUT2D eigenvalue weighted by molar-refractivity contribution is 8.00. The first kappa shape index (κ1) is 81.2. The van der Waals surface area contributed by atoms with E-state index >= 15 is 0 Å². The van der Waals surface area contributed by atoms with Gasteiger partial charge in [0.05, 0.1) is 34.1 Å². The SMILES string of the molecule is CC1(C)c2ccccc2-c2ccc3c(c21)Sc1ccc(-c2cc(-c4ccccc4)cc(-c4ccccc4)c2)cc1N3c1ccccc1.CC1(C)c2ccccc2-c2ccc3c(c21)Sc1ccc(-c2ccc4ccccc4c2)cc1N3c1ccccc1.CC1(C)c2ccccc2-c2ccc3c(c21)Sc1ccc(-c2nc(-c4ccccc4)nc(-c4ccccc4)n2)cc1N3c1ccccc1. The van der Waals surface area contributed by atoms with Crippen molar-refractivity contribution in [3.63, 3.8) is 0 Å². The Morgan fingerprint density at radius 1 is 0.188 bits per heavy atom. The predicted octanol–water partition coefficient (Wildman–Crippen LogP) is 34.8. The molecule has 20 aromatic rings. The molecule has 0 atom stereocenters. The zero-order valence-corrected chi connectivity index (χ0v) is 76.9. The molecule has 4 heterocycles. The van der Waals surface area contributed by atoms with Crippen molar-refractivity contribution in [3.05, 3.63) is 470 Å². The van der Waals surface area contributed by atoms with Crippen molar-refractivity contribution in [2.45, 2.75) is 87.2 Å². The monoisotopic (exact) mass is 1760 g/mol. The fraction of sp³-hybridized carbons (Fsp3) is 0.0726. The molecule has 1 aromatic heterocycles. The minimum absolute atomic E-state index is 0.0604. The standard InChI is InChI=1S/C45H33NS.C42H30N4S.C37H27NS/c1-45(2)39-21-13-12-20-37(39)38-23-24-40-44(43(38)45)47-42-25-22-32(29-41(42)46(40)36-18-10-5-11-19-36)35-27-33(30-14-6-3-7-15-30)26-34(28-35)31-16-8-4-9-17-31;1-42(2)33-21-13-12-20-31(33)32-23-24-34-38(37(32)42)47-36-25-22-29(26-35(36)46(34)30-18-10-5-11-19-30)41-44-39(27-14-6-3-7-15-27)43-40(45-41)28-16-8-4-9-17-28;1-37(2)31-15-9-8-14-29(31)30-19-20-32-36(35(30)37)39-34-21-18-27(23-33(34)38(32)28-12-4-3-5-13-28)26-17-16-24-10-6-7-11-25(24)22-26/h3-29H,1-2H3;3-26H,1-2H3;3-23H,1-2H3. The number of anilines is 9. The molecule has 6 nitrogen and oxygen atoms in total. The first-order valence-electron chi connectivity index (χ1n) is 45.7. The second-order valence-electron chi connectivity index (χ2n) is 36.5. The lowest BCUT2D eigenvalue weighted by Crippen LogP contribution is -2.20. The van der Waals surface area contributed by atoms with E-state index in [0.717, 1.165) is 28.1 Å². The van der Waals surface area contributed by atoms with E-state index in [2.05, 4.69) is 432 Å². The van der Waals surface area contributed by atoms with Gasteiger partial charge in [0.15, 0.2) is 17.5 Å². The van der Waals surface area contributed by atoms with Gasteiger partial charge in [-0.1, -0.05) is 392 Å². The van der Waals surface area contributed by atoms with Gasteiger partial charge in [-0.15, -0.1) is 0 Å². The number of aromatic nitrogens is 3. The smallest absolute Gasteiger partial charge is 0.164 e. The summed E-state index contributed by atoms with van der Waals surface area (Å²) in [4.78, 5) is 30.1. The molecule has 0 radical (unpaired) electrons. The molecule has 0 bridgehead atoms. The number of rotatable bonds is 10. The van der Waals surface area contributed by atoms with Gasteiger partial charge in [-0.25, -0.2) is 15.0 Å². The molecule has 133 heavy (non-hydrogen) atoms. The fourth-order valence-corrected chi connectivity index (χ4v) is 25.1. The van der Waals surface area contributed by atoms with Gasteiger partial charge in [0.2, 0.25) is 0 Å². The van der Waals surface area contributed by atoms with E-state index in [-0.39, 0.29) is 16.2 Å². The normalized spacial score (nSPS) is 14.0. The average Bonchev–Trinajstić information content (AvgIpc) is 1.59. The molecule has 19 aromatic carbocycles. The molecule has 0 unspecified atom stereocenters. The minimum atomic E-state index is -0.114. The molecule has 6 aliphatic rings. The lowest BCUT2D eigenvalue weighted by Gasteiger charge is -2.36. The summed E-state index contributed by atoms with van der Waals surface area (Å²) in [7, 11) is 0. The Morgan fingerprint density at radius 2 is 0.459 bits per heavy atom. The van der Waals surface area contributed by atoms with Crippen LogP contribution in [0.3, 0.4) is 0 Å². The van der Waals surface area contributed by atoms with Gasteiger partial charge in [-0.2, -0.15) is 0 Å². The number of nitrogens with zero attached hydrogens (tertiary/aromatic N) is 6. The van der Waals surface area contributed by atoms with Crippen molar-refractivity contribution in [1.29, 1.82) is 0 Å². The molecule has 3 aliphatic heterocycles. The van der Waals surface area contributed by atoms with Crippen LogP contribution >= 0.6 is 35.3 Å². The van der Waals surface area contributed by atoms with E-state index in [9.17, 15) is 0 Å². The van der Waals surface area contributed by atoms with E-state index in [0.29, 0.717) is 17.5 Å². The summed E-state index contributed by atoms with van der Waals surface area (Å²) in [5.74, 6) is 1.96. The van der Waals surface area contributed by atoms with Gasteiger partial charge >= 0.3 is 0 Å². The maximum absolute atomic E-state index is 5.03. The topological polar surface area (TPSA) is 48.4 Å². The molecule has 0 amide bonds. The highest BCUT2D eigenvalue weighted by Crippen LogP contribution is 2.65. The third kappa shape index (κ3) is 14.0. The molecule has 0 spiro atoms. The van der Waals surface area contributed by atoms with Crippen LogP contribution in [0.15, 0.2) is 466 Å². The van der Waals surface area contributed by atoms with Gasteiger partial charge in [0.1, 0.15) is 0 Å². The van der Waals surface area contributed by atoms with E-state index in [1.807, 2.05) is 95.9 Å². The van der Waals surface area contributed by atoms with Crippen LogP contribution < -0.4 is 14.7 Å². The van der Waals surface area contributed by atoms with Gasteiger partial charge in [0, 0.05) is 79.4 Å². The molecular formula is C124H90N6S3. The molecule has 26 rings (SSSR count). The van der Waals surface area contributed by atoms with Crippen molar-refractivity contribution in [3.8, 4) is 112 Å². The van der Waals surface area contributed by atoms with Crippen LogP contribution in [0, 0.1) is 0 Å². The maximum atomic E-state index is 5.03. The summed E-state index contributed by atoms with van der Waals surface area (Å²) in [5, 5.41) is 2.54. The van der Waals surface area contributed by atoms with Gasteiger partial charge in [0.25, 0.3) is 0 Å². The largest absolute Gasteiger partial charge is 0.308 e. The van der Waals surface area contributed by atoms with Crippen LogP contribution in [-0.4, -0.2) is 15.0 Å². The lowest BCUT2D eigenvalue weighted by molar-refractivity contribution is 0.646. The first-order chi connectivity index (χ1) is 65.2. The molecule has 0 saturated carbocycles. The summed E-state index contributed by atoms with van der Waals surface area (Å²) in [6, 6.07) is 158. The van der Waals surface area contributed by atoms with Crippen molar-refractivity contribution in [1.82, 2.24) is 15.0 Å². The Kier molecular flexibility index (Phi) is 20.0. The van der Waals surface area contributed by atoms with E-state index in [1.165, 1.54) is 191 Å². The second kappa shape index (κ2) is 32.8. The fourth-order valence-electron chi connectivity index (χ4n) is 21.1. The van der Waals surface area contributed by atoms with Crippen molar-refractivity contribution < 1.29 is 0 Å². The zero-order valence-electron chi connectivity index (χ0n) is 74.5. The van der Waals surface area contributed by atoms with Crippen LogP contribution in [-0.2, 0) is 16.2 Å². The van der Waals surface area contributed by atoms with E-state index in [1.54, 1.807) is 0 Å². The zero-order chi connectivity index (χ0) is 89.2. The molecule has 0 N–H and O–H groups in total. The maximum Gasteiger partial charge on any atom is 0.164 e. The van der Waals surface area contributed by atoms with Crippen LogP contribution in [0.1, 0.15) is 74.9 Å². The Balaban J connectivity index is 0.000000110. The summed E-state index contributed by atoms with van der Waals surface area (Å²) < 4.78 is 0. The Labute approximate surface area is 790 Å². The quantitative estimate of drug-likeness (QED) is 0.133. The van der Waals surface area contributed by atoms with Gasteiger partial charge in [-0.3, -0.25) is 0 Å². The Hall–Kier alpha value is -15.1. The number of hydrogen-bond donors (Lipinski definition) is 0. The minimum Gasteiger partial charge on any atom is -0.308 e. The highest BCUT2D eigenvalue weighted by Gasteiger charge is 2.45. The van der Waals surface area contributed by atoms with Crippen molar-refractivity contribution in [2.75, 3.05) is 14.7 Å². The highest BCUT2D eigenvalue weighted by atomic mass is 32.2. The number of para-hydroxylation sites is 3. The summed E-state index contributed by atoms with van der Waals surface area (Å²) in [5.41, 5.74) is 39.7. The molecule has 634 valence electrons. The molecule has 0 saturated heterocycles. The average molecular weight is 1760 g/mol. The third-order valence-electron chi connectivity index (χ3n) is 27.5.